The largest absolute Gasteiger partial charge is 0.367 e. The van der Waals surface area contributed by atoms with E-state index in [1.165, 1.54) is 6.20 Å². The second-order valence-corrected chi connectivity index (χ2v) is 6.98. The lowest BCUT2D eigenvalue weighted by Gasteiger charge is -2.30. The molecule has 0 amide bonds. The number of ketones is 1. The van der Waals surface area contributed by atoms with Gasteiger partial charge in [-0.1, -0.05) is 0 Å². The van der Waals surface area contributed by atoms with Crippen LogP contribution < -0.4 is 15.6 Å². The third-order valence-electron chi connectivity index (χ3n) is 5.07. The van der Waals surface area contributed by atoms with Crippen molar-refractivity contribution in [3.63, 3.8) is 0 Å². The Labute approximate surface area is 153 Å². The summed E-state index contributed by atoms with van der Waals surface area (Å²) in [7, 11) is 0. The minimum atomic E-state index is -0.952. The van der Waals surface area contributed by atoms with Crippen LogP contribution in [0.5, 0.6) is 0 Å². The van der Waals surface area contributed by atoms with Crippen LogP contribution in [0.4, 0.5) is 10.1 Å². The number of benzene rings is 1. The van der Waals surface area contributed by atoms with Gasteiger partial charge in [0.1, 0.15) is 5.82 Å². The van der Waals surface area contributed by atoms with E-state index in [4.69, 9.17) is 0 Å². The molecule has 2 aromatic rings. The molecule has 1 aromatic heterocycles. The number of rotatable bonds is 5. The van der Waals surface area contributed by atoms with Gasteiger partial charge in [0, 0.05) is 48.7 Å². The minimum absolute atomic E-state index is 0.0903. The Morgan fingerprint density at radius 1 is 1.30 bits per heavy atom. The van der Waals surface area contributed by atoms with Crippen molar-refractivity contribution in [2.24, 2.45) is 0 Å². The number of nitrogens with one attached hydrogen (secondary N) is 1. The first-order valence-corrected chi connectivity index (χ1v) is 8.95. The number of hydrogen-bond donors (Lipinski definition) is 1. The number of fused-ring (bicyclic) bond motifs is 1. The highest BCUT2D eigenvalue weighted by Gasteiger charge is 2.29. The predicted molar refractivity (Wildman–Crippen MR) is 97.7 cm³/mol. The summed E-state index contributed by atoms with van der Waals surface area (Å²) in [5, 5.41) is 14.0. The first kappa shape index (κ1) is 17.6. The average molecular weight is 374 g/mol. The number of nitrogens with zero attached hydrogens (tertiary/aromatic N) is 3. The Morgan fingerprint density at radius 3 is 2.63 bits per heavy atom. The van der Waals surface area contributed by atoms with Gasteiger partial charge in [-0.15, -0.1) is 0 Å². The van der Waals surface area contributed by atoms with Crippen molar-refractivity contribution < 1.29 is 14.1 Å². The fourth-order valence-electron chi connectivity index (χ4n) is 3.56. The van der Waals surface area contributed by atoms with Gasteiger partial charge in [-0.05, 0) is 25.0 Å². The van der Waals surface area contributed by atoms with Crippen molar-refractivity contribution >= 4 is 22.4 Å². The number of pyridine rings is 1. The van der Waals surface area contributed by atoms with E-state index < -0.39 is 28.5 Å². The third kappa shape index (κ3) is 3.30. The van der Waals surface area contributed by atoms with Gasteiger partial charge in [0.15, 0.2) is 0 Å². The second-order valence-electron chi connectivity index (χ2n) is 6.98. The zero-order valence-corrected chi connectivity index (χ0v) is 14.6. The molecule has 8 nitrogen and oxygen atoms in total. The molecule has 1 aromatic carbocycles. The number of halogens is 1. The van der Waals surface area contributed by atoms with Crippen molar-refractivity contribution in [1.82, 2.24) is 9.88 Å². The van der Waals surface area contributed by atoms with Gasteiger partial charge in [0.05, 0.1) is 16.8 Å². The van der Waals surface area contributed by atoms with Crippen LogP contribution in [0.2, 0.25) is 0 Å². The molecular formula is C18H19FN4O4. The molecule has 27 heavy (non-hydrogen) atoms. The van der Waals surface area contributed by atoms with E-state index in [0.717, 1.165) is 32.0 Å². The molecule has 1 aliphatic carbocycles. The van der Waals surface area contributed by atoms with E-state index in [9.17, 15) is 24.1 Å². The Balaban J connectivity index is 1.88. The normalized spacial score (nSPS) is 17.3. The van der Waals surface area contributed by atoms with Gasteiger partial charge >= 0.3 is 0 Å². The highest BCUT2D eigenvalue weighted by molar-refractivity contribution is 6.00. The summed E-state index contributed by atoms with van der Waals surface area (Å²) in [6.45, 7) is 1.88. The molecule has 2 heterocycles. The van der Waals surface area contributed by atoms with Gasteiger partial charge < -0.3 is 14.8 Å². The maximum Gasteiger partial charge on any atom is 0.266 e. The molecule has 142 valence electrons. The van der Waals surface area contributed by atoms with Crippen LogP contribution >= 0.6 is 0 Å². The summed E-state index contributed by atoms with van der Waals surface area (Å²) in [5.74, 6) is -1.38. The number of nitro groups is 1. The Hall–Kier alpha value is -2.81. The summed E-state index contributed by atoms with van der Waals surface area (Å²) in [4.78, 5) is 36.7. The Bertz CT molecular complexity index is 993. The van der Waals surface area contributed by atoms with E-state index in [1.807, 2.05) is 4.90 Å². The molecule has 0 atom stereocenters. The molecule has 0 bridgehead atoms. The molecular weight excluding hydrogens is 355 g/mol. The third-order valence-corrected chi connectivity index (χ3v) is 5.07. The smallest absolute Gasteiger partial charge is 0.266 e. The lowest BCUT2D eigenvalue weighted by atomic mass is 10.1. The van der Waals surface area contributed by atoms with Crippen molar-refractivity contribution in [2.45, 2.75) is 18.9 Å². The lowest BCUT2D eigenvalue weighted by Crippen LogP contribution is -2.43. The molecule has 0 unspecified atom stereocenters. The van der Waals surface area contributed by atoms with Crippen LogP contribution in [-0.4, -0.2) is 48.0 Å². The first-order chi connectivity index (χ1) is 13.0. The summed E-state index contributed by atoms with van der Waals surface area (Å²) in [6.07, 6.45) is 3.19. The zero-order valence-electron chi connectivity index (χ0n) is 14.6. The number of hydrogen-bond acceptors (Lipinski definition) is 6. The van der Waals surface area contributed by atoms with Gasteiger partial charge in [-0.3, -0.25) is 19.7 Å². The highest BCUT2D eigenvalue weighted by atomic mass is 19.1. The maximum absolute atomic E-state index is 14.8. The number of Topliss-reactive ketones (excluding diaryl/α,β-unsaturated/α-hetero) is 1. The van der Waals surface area contributed by atoms with E-state index in [1.54, 1.807) is 10.6 Å². The number of carbonyl (C=O) groups excluding carboxylic acids is 1. The van der Waals surface area contributed by atoms with Crippen molar-refractivity contribution in [2.75, 3.05) is 37.6 Å². The van der Waals surface area contributed by atoms with E-state index in [2.05, 4.69) is 5.32 Å². The SMILES string of the molecule is O=C(C[N+](=O)[O-])c1cn(C2CC2)c2cc(N3CCNCC3)c(F)cc2c1=O. The molecule has 1 N–H and O–H groups in total. The topological polar surface area (TPSA) is 97.5 Å². The van der Waals surface area contributed by atoms with Crippen LogP contribution in [-0.2, 0) is 0 Å². The molecule has 1 aliphatic heterocycles. The molecule has 2 aliphatic rings. The van der Waals surface area contributed by atoms with Gasteiger partial charge in [0.2, 0.25) is 11.2 Å². The lowest BCUT2D eigenvalue weighted by molar-refractivity contribution is -0.465. The van der Waals surface area contributed by atoms with E-state index in [-0.39, 0.29) is 17.0 Å². The summed E-state index contributed by atoms with van der Waals surface area (Å²) < 4.78 is 16.6. The fourth-order valence-corrected chi connectivity index (χ4v) is 3.56. The summed E-state index contributed by atoms with van der Waals surface area (Å²) >= 11 is 0. The van der Waals surface area contributed by atoms with Gasteiger partial charge in [-0.2, -0.15) is 0 Å². The number of carbonyl (C=O) groups is 1. The van der Waals surface area contributed by atoms with Gasteiger partial charge in [-0.25, -0.2) is 4.39 Å². The minimum Gasteiger partial charge on any atom is -0.367 e. The van der Waals surface area contributed by atoms with E-state index >= 15 is 0 Å². The quantitative estimate of drug-likeness (QED) is 0.482. The van der Waals surface area contributed by atoms with Crippen LogP contribution in [0.1, 0.15) is 29.2 Å². The van der Waals surface area contributed by atoms with Crippen LogP contribution in [0, 0.1) is 15.9 Å². The van der Waals surface area contributed by atoms with E-state index in [0.29, 0.717) is 24.3 Å². The summed E-state index contributed by atoms with van der Waals surface area (Å²) in [5.41, 5.74) is 0.0946. The Morgan fingerprint density at radius 2 is 2.00 bits per heavy atom. The van der Waals surface area contributed by atoms with Gasteiger partial charge in [0.25, 0.3) is 6.54 Å². The van der Waals surface area contributed by atoms with Crippen LogP contribution in [0.25, 0.3) is 10.9 Å². The predicted octanol–water partition coefficient (Wildman–Crippen LogP) is 1.34. The average Bonchev–Trinajstić information content (AvgIpc) is 3.47. The number of piperazine rings is 1. The second kappa shape index (κ2) is 6.73. The first-order valence-electron chi connectivity index (χ1n) is 8.95. The van der Waals surface area contributed by atoms with Crippen LogP contribution in [0.3, 0.4) is 0 Å². The number of aromatic nitrogens is 1. The molecule has 0 spiro atoms. The zero-order chi connectivity index (χ0) is 19.1. The van der Waals surface area contributed by atoms with Crippen molar-refractivity contribution in [3.8, 4) is 0 Å². The van der Waals surface area contributed by atoms with Crippen LogP contribution in [0.15, 0.2) is 23.1 Å². The highest BCUT2D eigenvalue weighted by Crippen LogP contribution is 2.38. The number of anilines is 1. The van der Waals surface area contributed by atoms with Crippen molar-refractivity contribution in [1.29, 1.82) is 0 Å². The standard InChI is InChI=1S/C18H19FN4O4/c19-14-7-12-15(8-16(14)21-5-3-20-4-6-21)22(11-1-2-11)9-13(18(12)25)17(24)10-23(26)27/h7-9,11,20H,1-6,10H2. The van der Waals surface area contributed by atoms with Crippen molar-refractivity contribution in [3.05, 3.63) is 50.0 Å². The molecule has 9 heteroatoms. The molecule has 4 rings (SSSR count). The monoisotopic (exact) mass is 374 g/mol. The molecule has 2 fully saturated rings. The Kier molecular flexibility index (Phi) is 4.39. The fraction of sp³-hybridized carbons (Fsp3) is 0.444. The molecule has 0 radical (unpaired) electrons. The molecule has 1 saturated heterocycles. The molecule has 1 saturated carbocycles. The summed E-state index contributed by atoms with van der Waals surface area (Å²) in [6, 6.07) is 2.95. The maximum atomic E-state index is 14.8.